The lowest BCUT2D eigenvalue weighted by Crippen LogP contribution is -1.90. The van der Waals surface area contributed by atoms with Crippen LogP contribution < -0.4 is 0 Å². The zero-order valence-electron chi connectivity index (χ0n) is 10.4. The van der Waals surface area contributed by atoms with Gasteiger partial charge in [0.15, 0.2) is 5.82 Å². The standard InChI is InChI=1S/C14H10Cl2N2S/c1-7-5-12(19-8(7)2)14-17-11-4-3-9(15)6-10(11)13(16)18-14/h3-6H,1-2H3. The minimum Gasteiger partial charge on any atom is -0.227 e. The first kappa shape index (κ1) is 12.9. The molecular formula is C14H10Cl2N2S. The molecule has 0 aliphatic heterocycles. The van der Waals surface area contributed by atoms with Crippen LogP contribution in [-0.4, -0.2) is 9.97 Å². The van der Waals surface area contributed by atoms with E-state index in [-0.39, 0.29) is 0 Å². The smallest absolute Gasteiger partial charge is 0.171 e. The monoisotopic (exact) mass is 308 g/mol. The van der Waals surface area contributed by atoms with Gasteiger partial charge in [-0.25, -0.2) is 9.97 Å². The van der Waals surface area contributed by atoms with Crippen LogP contribution in [0, 0.1) is 13.8 Å². The van der Waals surface area contributed by atoms with Crippen molar-refractivity contribution >= 4 is 45.4 Å². The van der Waals surface area contributed by atoms with Crippen LogP contribution >= 0.6 is 34.5 Å². The maximum Gasteiger partial charge on any atom is 0.171 e. The van der Waals surface area contributed by atoms with Crippen LogP contribution in [0.2, 0.25) is 10.2 Å². The molecule has 0 aliphatic rings. The van der Waals surface area contributed by atoms with Gasteiger partial charge in [-0.15, -0.1) is 11.3 Å². The molecule has 96 valence electrons. The Labute approximate surface area is 125 Å². The molecule has 0 spiro atoms. The lowest BCUT2D eigenvalue weighted by molar-refractivity contribution is 1.24. The van der Waals surface area contributed by atoms with E-state index in [0.717, 1.165) is 15.8 Å². The van der Waals surface area contributed by atoms with Crippen LogP contribution in [-0.2, 0) is 0 Å². The van der Waals surface area contributed by atoms with Crippen molar-refractivity contribution in [1.82, 2.24) is 9.97 Å². The Hall–Kier alpha value is -1.16. The molecule has 3 rings (SSSR count). The Bertz CT molecular complexity index is 761. The molecule has 3 aromatic rings. The summed E-state index contributed by atoms with van der Waals surface area (Å²) >= 11 is 13.9. The van der Waals surface area contributed by atoms with Crippen molar-refractivity contribution in [3.8, 4) is 10.7 Å². The average Bonchev–Trinajstić information content (AvgIpc) is 2.70. The van der Waals surface area contributed by atoms with Crippen molar-refractivity contribution in [2.75, 3.05) is 0 Å². The van der Waals surface area contributed by atoms with Gasteiger partial charge in [0, 0.05) is 15.3 Å². The SMILES string of the molecule is Cc1cc(-c2nc(Cl)c3cc(Cl)ccc3n2)sc1C. The molecule has 0 amide bonds. The second-order valence-corrected chi connectivity index (χ2v) is 6.40. The zero-order valence-corrected chi connectivity index (χ0v) is 12.7. The maximum atomic E-state index is 6.23. The van der Waals surface area contributed by atoms with Gasteiger partial charge in [-0.05, 0) is 43.7 Å². The van der Waals surface area contributed by atoms with Gasteiger partial charge in [-0.2, -0.15) is 0 Å². The highest BCUT2D eigenvalue weighted by atomic mass is 35.5. The number of aromatic nitrogens is 2. The lowest BCUT2D eigenvalue weighted by atomic mass is 10.2. The van der Waals surface area contributed by atoms with Gasteiger partial charge in [0.05, 0.1) is 10.4 Å². The second-order valence-electron chi connectivity index (χ2n) is 4.35. The third-order valence-corrected chi connectivity index (χ3v) is 4.67. The molecule has 0 saturated carbocycles. The van der Waals surface area contributed by atoms with Crippen molar-refractivity contribution in [3.63, 3.8) is 0 Å². The molecule has 0 radical (unpaired) electrons. The van der Waals surface area contributed by atoms with E-state index in [0.29, 0.717) is 16.0 Å². The highest BCUT2D eigenvalue weighted by Gasteiger charge is 2.11. The van der Waals surface area contributed by atoms with E-state index >= 15 is 0 Å². The summed E-state index contributed by atoms with van der Waals surface area (Å²) < 4.78 is 0. The van der Waals surface area contributed by atoms with Crippen LogP contribution in [0.3, 0.4) is 0 Å². The summed E-state index contributed by atoms with van der Waals surface area (Å²) in [5, 5.41) is 1.85. The molecule has 2 aromatic heterocycles. The van der Waals surface area contributed by atoms with Crippen LogP contribution in [0.15, 0.2) is 24.3 Å². The van der Waals surface area contributed by atoms with Crippen LogP contribution in [0.4, 0.5) is 0 Å². The summed E-state index contributed by atoms with van der Waals surface area (Å²) in [4.78, 5) is 11.2. The number of fused-ring (bicyclic) bond motifs is 1. The predicted molar refractivity (Wildman–Crippen MR) is 82.3 cm³/mol. The molecule has 5 heteroatoms. The highest BCUT2D eigenvalue weighted by Crippen LogP contribution is 2.32. The number of nitrogens with zero attached hydrogens (tertiary/aromatic N) is 2. The first-order chi connectivity index (χ1) is 9.04. The Balaban J connectivity index is 2.23. The molecule has 0 atom stereocenters. The van der Waals surface area contributed by atoms with Gasteiger partial charge in [-0.3, -0.25) is 0 Å². The number of benzene rings is 1. The fourth-order valence-electron chi connectivity index (χ4n) is 1.86. The number of hydrogen-bond acceptors (Lipinski definition) is 3. The first-order valence-corrected chi connectivity index (χ1v) is 7.32. The van der Waals surface area contributed by atoms with Gasteiger partial charge in [0.1, 0.15) is 5.15 Å². The summed E-state index contributed by atoms with van der Waals surface area (Å²) in [5.41, 5.74) is 2.05. The topological polar surface area (TPSA) is 25.8 Å². The maximum absolute atomic E-state index is 6.23. The molecule has 0 saturated heterocycles. The average molecular weight is 309 g/mol. The Morgan fingerprint density at radius 2 is 1.84 bits per heavy atom. The zero-order chi connectivity index (χ0) is 13.6. The fraction of sp³-hybridized carbons (Fsp3) is 0.143. The third-order valence-electron chi connectivity index (χ3n) is 3.00. The quantitative estimate of drug-likeness (QED) is 0.571. The molecule has 0 aliphatic carbocycles. The van der Waals surface area contributed by atoms with E-state index in [1.807, 2.05) is 12.1 Å². The van der Waals surface area contributed by atoms with Crippen molar-refractivity contribution in [1.29, 1.82) is 0 Å². The van der Waals surface area contributed by atoms with E-state index < -0.39 is 0 Å². The largest absolute Gasteiger partial charge is 0.227 e. The van der Waals surface area contributed by atoms with Gasteiger partial charge in [0.25, 0.3) is 0 Å². The number of hydrogen-bond donors (Lipinski definition) is 0. The summed E-state index contributed by atoms with van der Waals surface area (Å²) in [6.45, 7) is 4.17. The van der Waals surface area contributed by atoms with E-state index in [1.165, 1.54) is 10.4 Å². The van der Waals surface area contributed by atoms with Crippen LogP contribution in [0.1, 0.15) is 10.4 Å². The molecule has 0 unspecified atom stereocenters. The van der Waals surface area contributed by atoms with Crippen LogP contribution in [0.25, 0.3) is 21.6 Å². The normalized spacial score (nSPS) is 11.2. The minimum atomic E-state index is 0.436. The van der Waals surface area contributed by atoms with Gasteiger partial charge < -0.3 is 0 Å². The minimum absolute atomic E-state index is 0.436. The van der Waals surface area contributed by atoms with E-state index in [2.05, 4.69) is 29.9 Å². The molecule has 0 bridgehead atoms. The number of aryl methyl sites for hydroxylation is 2. The number of halogens is 2. The number of thiophene rings is 1. The summed E-state index contributed by atoms with van der Waals surface area (Å²) in [6.07, 6.45) is 0. The van der Waals surface area contributed by atoms with Crippen LogP contribution in [0.5, 0.6) is 0 Å². The Kier molecular flexibility index (Phi) is 3.21. The Morgan fingerprint density at radius 3 is 2.53 bits per heavy atom. The van der Waals surface area contributed by atoms with Crippen molar-refractivity contribution in [2.45, 2.75) is 13.8 Å². The molecule has 2 nitrogen and oxygen atoms in total. The van der Waals surface area contributed by atoms with Crippen molar-refractivity contribution in [2.24, 2.45) is 0 Å². The lowest BCUT2D eigenvalue weighted by Gasteiger charge is -2.03. The molecule has 0 N–H and O–H groups in total. The Morgan fingerprint density at radius 1 is 1.05 bits per heavy atom. The van der Waals surface area contributed by atoms with E-state index in [1.54, 1.807) is 17.4 Å². The van der Waals surface area contributed by atoms with Gasteiger partial charge in [-0.1, -0.05) is 23.2 Å². The predicted octanol–water partition coefficient (Wildman–Crippen LogP) is 5.28. The summed E-state index contributed by atoms with van der Waals surface area (Å²) in [5.74, 6) is 0.668. The first-order valence-electron chi connectivity index (χ1n) is 5.75. The molecule has 2 heterocycles. The molecule has 19 heavy (non-hydrogen) atoms. The van der Waals surface area contributed by atoms with Crippen molar-refractivity contribution < 1.29 is 0 Å². The fourth-order valence-corrected chi connectivity index (χ4v) is 3.23. The van der Waals surface area contributed by atoms with E-state index in [9.17, 15) is 0 Å². The molecule has 0 fully saturated rings. The third kappa shape index (κ3) is 2.34. The van der Waals surface area contributed by atoms with Gasteiger partial charge in [0.2, 0.25) is 0 Å². The van der Waals surface area contributed by atoms with Gasteiger partial charge >= 0.3 is 0 Å². The van der Waals surface area contributed by atoms with E-state index in [4.69, 9.17) is 23.2 Å². The van der Waals surface area contributed by atoms with Crippen molar-refractivity contribution in [3.05, 3.63) is 44.9 Å². The second kappa shape index (κ2) is 4.75. The summed E-state index contributed by atoms with van der Waals surface area (Å²) in [6, 6.07) is 7.55. The molecule has 1 aromatic carbocycles. The summed E-state index contributed by atoms with van der Waals surface area (Å²) in [7, 11) is 0. The number of rotatable bonds is 1. The molecular weight excluding hydrogens is 299 g/mol. The highest BCUT2D eigenvalue weighted by molar-refractivity contribution is 7.15.